The van der Waals surface area contributed by atoms with E-state index in [-0.39, 0.29) is 5.91 Å². The van der Waals surface area contributed by atoms with Gasteiger partial charge in [-0.25, -0.2) is 4.98 Å². The van der Waals surface area contributed by atoms with Crippen LogP contribution in [0.5, 0.6) is 0 Å². The number of thiazole rings is 1. The van der Waals surface area contributed by atoms with E-state index in [1.54, 1.807) is 6.92 Å². The summed E-state index contributed by atoms with van der Waals surface area (Å²) in [4.78, 5) is 17.4. The molecule has 4 rings (SSSR count). The molecule has 0 fully saturated rings. The van der Waals surface area contributed by atoms with Gasteiger partial charge in [0.2, 0.25) is 5.13 Å². The van der Waals surface area contributed by atoms with Crippen LogP contribution in [0.25, 0.3) is 11.3 Å². The van der Waals surface area contributed by atoms with Crippen molar-refractivity contribution in [2.45, 2.75) is 26.8 Å². The van der Waals surface area contributed by atoms with Gasteiger partial charge in [-0.3, -0.25) is 4.79 Å². The quantitative estimate of drug-likeness (QED) is 0.568. The van der Waals surface area contributed by atoms with Gasteiger partial charge in [-0.2, -0.15) is 20.3 Å². The van der Waals surface area contributed by atoms with E-state index < -0.39 is 6.04 Å². The number of hydrazone groups is 1. The van der Waals surface area contributed by atoms with E-state index in [1.807, 2.05) is 67.8 Å². The Morgan fingerprint density at radius 3 is 2.54 bits per heavy atom. The third kappa shape index (κ3) is 3.48. The van der Waals surface area contributed by atoms with Crippen LogP contribution in [-0.2, 0) is 4.79 Å². The van der Waals surface area contributed by atoms with E-state index in [2.05, 4.69) is 20.3 Å². The van der Waals surface area contributed by atoms with Gasteiger partial charge in [-0.15, -0.1) is 11.3 Å². The molecule has 2 heterocycles. The van der Waals surface area contributed by atoms with Crippen LogP contribution in [0.4, 0.5) is 10.8 Å². The molecule has 0 saturated heterocycles. The number of aryl methyl sites for hydroxylation is 2. The molecule has 0 saturated carbocycles. The molecule has 0 radical (unpaired) electrons. The predicted octanol–water partition coefficient (Wildman–Crippen LogP) is 5.30. The van der Waals surface area contributed by atoms with Gasteiger partial charge >= 0.3 is 0 Å². The molecule has 0 bridgehead atoms. The zero-order valence-electron chi connectivity index (χ0n) is 15.8. The summed E-state index contributed by atoms with van der Waals surface area (Å²) in [6.45, 7) is 5.79. The first-order chi connectivity index (χ1) is 13.5. The molecular weight excluding hydrogens is 370 g/mol. The van der Waals surface area contributed by atoms with Crippen molar-refractivity contribution in [1.82, 2.24) is 4.98 Å². The molecule has 140 valence electrons. The number of rotatable bonds is 4. The van der Waals surface area contributed by atoms with E-state index in [4.69, 9.17) is 0 Å². The number of amides is 1. The average molecular weight is 389 g/mol. The number of aromatic nitrogens is 1. The summed E-state index contributed by atoms with van der Waals surface area (Å²) in [6, 6.07) is 15.1. The maximum absolute atomic E-state index is 12.8. The monoisotopic (exact) mass is 389 g/mol. The zero-order chi connectivity index (χ0) is 19.7. The van der Waals surface area contributed by atoms with Gasteiger partial charge in [-0.05, 0) is 32.4 Å². The van der Waals surface area contributed by atoms with Gasteiger partial charge in [-0.1, -0.05) is 48.0 Å². The topological polar surface area (TPSA) is 70.3 Å². The summed E-state index contributed by atoms with van der Waals surface area (Å²) in [5, 5.41) is 16.7. The Morgan fingerprint density at radius 1 is 1.04 bits per heavy atom. The SMILES string of the molecule is CC1=NN(c2nc(-c3ccc(C)cc3)cs2)C(=O)[C@@H]1N=Nc1ccccc1C. The number of nitrogens with zero attached hydrogens (tertiary/aromatic N) is 5. The number of carbonyl (C=O) groups excluding carboxylic acids is 1. The lowest BCUT2D eigenvalue weighted by molar-refractivity contribution is -0.117. The highest BCUT2D eigenvalue weighted by Gasteiger charge is 2.36. The van der Waals surface area contributed by atoms with Crippen LogP contribution in [0.3, 0.4) is 0 Å². The minimum atomic E-state index is -0.716. The van der Waals surface area contributed by atoms with Gasteiger partial charge in [0.05, 0.1) is 17.1 Å². The van der Waals surface area contributed by atoms with E-state index in [1.165, 1.54) is 21.9 Å². The second-order valence-corrected chi connectivity index (χ2v) is 7.51. The van der Waals surface area contributed by atoms with E-state index in [0.717, 1.165) is 22.5 Å². The number of hydrogen-bond acceptors (Lipinski definition) is 6. The highest BCUT2D eigenvalue weighted by Crippen LogP contribution is 2.31. The highest BCUT2D eigenvalue weighted by atomic mass is 32.1. The molecule has 1 atom stereocenters. The third-order valence-electron chi connectivity index (χ3n) is 4.51. The molecule has 1 aliphatic heterocycles. The fraction of sp³-hybridized carbons (Fsp3) is 0.190. The average Bonchev–Trinajstić information content (AvgIpc) is 3.27. The lowest BCUT2D eigenvalue weighted by Crippen LogP contribution is -2.29. The van der Waals surface area contributed by atoms with E-state index >= 15 is 0 Å². The van der Waals surface area contributed by atoms with Crippen molar-refractivity contribution in [3.05, 3.63) is 65.0 Å². The van der Waals surface area contributed by atoms with Crippen molar-refractivity contribution in [3.8, 4) is 11.3 Å². The number of benzene rings is 2. The summed E-state index contributed by atoms with van der Waals surface area (Å²) in [7, 11) is 0. The summed E-state index contributed by atoms with van der Waals surface area (Å²) in [5.41, 5.74) is 5.38. The van der Waals surface area contributed by atoms with Crippen molar-refractivity contribution < 1.29 is 4.79 Å². The normalized spacial score (nSPS) is 16.8. The van der Waals surface area contributed by atoms with Crippen molar-refractivity contribution in [2.24, 2.45) is 15.3 Å². The fourth-order valence-corrected chi connectivity index (χ4v) is 3.63. The van der Waals surface area contributed by atoms with E-state index in [0.29, 0.717) is 10.8 Å². The van der Waals surface area contributed by atoms with Gasteiger partial charge in [0.25, 0.3) is 5.91 Å². The minimum absolute atomic E-state index is 0.236. The summed E-state index contributed by atoms with van der Waals surface area (Å²) in [6.07, 6.45) is 0. The number of azo groups is 1. The zero-order valence-corrected chi connectivity index (χ0v) is 16.6. The number of anilines is 1. The molecule has 0 unspecified atom stereocenters. The Morgan fingerprint density at radius 2 is 1.79 bits per heavy atom. The Labute approximate surface area is 167 Å². The number of hydrogen-bond donors (Lipinski definition) is 0. The van der Waals surface area contributed by atoms with Crippen molar-refractivity contribution in [3.63, 3.8) is 0 Å². The maximum atomic E-state index is 12.8. The van der Waals surface area contributed by atoms with Crippen LogP contribution in [0.15, 0.2) is 69.2 Å². The van der Waals surface area contributed by atoms with Crippen LogP contribution in [0, 0.1) is 13.8 Å². The molecule has 7 heteroatoms. The Balaban J connectivity index is 1.55. The van der Waals surface area contributed by atoms with Crippen LogP contribution in [0.2, 0.25) is 0 Å². The molecule has 28 heavy (non-hydrogen) atoms. The molecule has 6 nitrogen and oxygen atoms in total. The largest absolute Gasteiger partial charge is 0.282 e. The third-order valence-corrected chi connectivity index (χ3v) is 5.33. The smallest absolute Gasteiger partial charge is 0.269 e. The van der Waals surface area contributed by atoms with Crippen molar-refractivity contribution in [1.29, 1.82) is 0 Å². The van der Waals surface area contributed by atoms with Crippen LogP contribution < -0.4 is 5.01 Å². The second kappa shape index (κ2) is 7.44. The van der Waals surface area contributed by atoms with Gasteiger partial charge < -0.3 is 0 Å². The standard InChI is InChI=1S/C21H19N5OS/c1-13-8-10-16(11-9-13)18-12-28-21(22-18)26-20(27)19(15(3)25-26)24-23-17-7-5-4-6-14(17)2/h4-12,19H,1-3H3/t19-/m1/s1. The number of carbonyl (C=O) groups is 1. The molecular formula is C21H19N5OS. The fourth-order valence-electron chi connectivity index (χ4n) is 2.84. The molecule has 0 spiro atoms. The van der Waals surface area contributed by atoms with Gasteiger partial charge in [0, 0.05) is 10.9 Å². The molecule has 1 aromatic heterocycles. The van der Waals surface area contributed by atoms with Crippen molar-refractivity contribution in [2.75, 3.05) is 5.01 Å². The van der Waals surface area contributed by atoms with Gasteiger partial charge in [0.15, 0.2) is 6.04 Å². The van der Waals surface area contributed by atoms with Crippen LogP contribution in [0.1, 0.15) is 18.1 Å². The lowest BCUT2D eigenvalue weighted by Gasteiger charge is -2.08. The first kappa shape index (κ1) is 18.2. The summed E-state index contributed by atoms with van der Waals surface area (Å²) < 4.78 is 0. The first-order valence-corrected chi connectivity index (χ1v) is 9.79. The minimum Gasteiger partial charge on any atom is -0.269 e. The Kier molecular flexibility index (Phi) is 4.83. The molecule has 0 aliphatic carbocycles. The van der Waals surface area contributed by atoms with Crippen LogP contribution >= 0.6 is 11.3 Å². The first-order valence-electron chi connectivity index (χ1n) is 8.91. The molecule has 1 amide bonds. The van der Waals surface area contributed by atoms with Gasteiger partial charge in [0.1, 0.15) is 0 Å². The molecule has 1 aliphatic rings. The van der Waals surface area contributed by atoms with Crippen molar-refractivity contribution >= 4 is 33.8 Å². The summed E-state index contributed by atoms with van der Waals surface area (Å²) in [5.74, 6) is -0.236. The predicted molar refractivity (Wildman–Crippen MR) is 112 cm³/mol. The molecule has 2 aromatic carbocycles. The second-order valence-electron chi connectivity index (χ2n) is 6.68. The highest BCUT2D eigenvalue weighted by molar-refractivity contribution is 7.14. The Hall–Kier alpha value is -3.19. The van der Waals surface area contributed by atoms with Crippen LogP contribution in [-0.4, -0.2) is 22.6 Å². The summed E-state index contributed by atoms with van der Waals surface area (Å²) >= 11 is 1.39. The lowest BCUT2D eigenvalue weighted by atomic mass is 10.1. The molecule has 3 aromatic rings. The molecule has 0 N–H and O–H groups in total. The maximum Gasteiger partial charge on any atom is 0.282 e. The van der Waals surface area contributed by atoms with E-state index in [9.17, 15) is 4.79 Å². The Bertz CT molecular complexity index is 1080.